The second kappa shape index (κ2) is 9.09. The molecule has 0 spiro atoms. The Morgan fingerprint density at radius 2 is 1.24 bits per heavy atom. The van der Waals surface area contributed by atoms with Gasteiger partial charge in [-0.15, -0.1) is 0 Å². The zero-order valence-corrected chi connectivity index (χ0v) is 23.5. The number of benzene rings is 3. The van der Waals surface area contributed by atoms with Gasteiger partial charge in [0.25, 0.3) is 0 Å². The SMILES string of the molecule is CC1=C(C)C(C)(C)[C]([Zr][CH]2C(P(c3ccccc3)c3ccccc3)=Cc3ccccc32)=C1C. The second-order valence-corrected chi connectivity index (χ2v) is 15.2. The Kier molecular flexibility index (Phi) is 6.33. The minimum absolute atomic E-state index is 0.200. The van der Waals surface area contributed by atoms with Crippen molar-refractivity contribution >= 4 is 24.6 Å². The molecule has 0 saturated carbocycles. The Hall–Kier alpha value is -1.81. The molecule has 0 radical (unpaired) electrons. The molecular weight excluding hydrogens is 495 g/mol. The fourth-order valence-corrected chi connectivity index (χ4v) is 13.8. The minimum atomic E-state index is -0.947. The van der Waals surface area contributed by atoms with E-state index in [9.17, 15) is 0 Å². The summed E-state index contributed by atoms with van der Waals surface area (Å²) in [6.07, 6.45) is 2.55. The molecule has 1 unspecified atom stereocenters. The first-order valence-electron chi connectivity index (χ1n) is 11.8. The average Bonchev–Trinajstić information content (AvgIpc) is 3.26. The maximum absolute atomic E-state index is 2.55. The molecule has 0 aromatic heterocycles. The Labute approximate surface area is 211 Å². The van der Waals surface area contributed by atoms with Gasteiger partial charge in [0.2, 0.25) is 0 Å². The van der Waals surface area contributed by atoms with Gasteiger partial charge in [-0.2, -0.15) is 0 Å². The summed E-state index contributed by atoms with van der Waals surface area (Å²) in [6, 6.07) is 31.6. The van der Waals surface area contributed by atoms with Crippen LogP contribution in [0.25, 0.3) is 6.08 Å². The Morgan fingerprint density at radius 3 is 1.79 bits per heavy atom. The summed E-state index contributed by atoms with van der Waals surface area (Å²) in [7, 11) is -0.558. The molecular formula is C31H31PZr. The third kappa shape index (κ3) is 4.03. The monoisotopic (exact) mass is 524 g/mol. The van der Waals surface area contributed by atoms with Crippen LogP contribution in [0.5, 0.6) is 0 Å². The summed E-state index contributed by atoms with van der Waals surface area (Å²) in [6.45, 7) is 12.0. The summed E-state index contributed by atoms with van der Waals surface area (Å²) >= 11 is -0.947. The molecule has 0 amide bonds. The van der Waals surface area contributed by atoms with Gasteiger partial charge in [0.05, 0.1) is 0 Å². The van der Waals surface area contributed by atoms with E-state index in [4.69, 9.17) is 0 Å². The molecule has 0 fully saturated rings. The van der Waals surface area contributed by atoms with Gasteiger partial charge in [0.1, 0.15) is 0 Å². The van der Waals surface area contributed by atoms with E-state index < -0.39 is 31.2 Å². The maximum atomic E-state index is 2.55. The van der Waals surface area contributed by atoms with Gasteiger partial charge in [-0.1, -0.05) is 0 Å². The van der Waals surface area contributed by atoms with Crippen LogP contribution < -0.4 is 10.6 Å². The van der Waals surface area contributed by atoms with E-state index in [2.05, 4.69) is 126 Å². The molecule has 5 rings (SSSR count). The molecule has 0 N–H and O–H groups in total. The van der Waals surface area contributed by atoms with E-state index in [-0.39, 0.29) is 5.41 Å². The third-order valence-corrected chi connectivity index (χ3v) is 16.1. The van der Waals surface area contributed by atoms with Crippen LogP contribution in [-0.4, -0.2) is 0 Å². The molecule has 3 aromatic rings. The van der Waals surface area contributed by atoms with Gasteiger partial charge in [0, 0.05) is 0 Å². The Balaban J connectivity index is 1.65. The Morgan fingerprint density at radius 1 is 0.697 bits per heavy atom. The fraction of sp³-hybridized carbons (Fsp3) is 0.226. The molecule has 33 heavy (non-hydrogen) atoms. The molecule has 164 valence electrons. The molecule has 3 aromatic carbocycles. The third-order valence-electron chi connectivity index (χ3n) is 7.54. The van der Waals surface area contributed by atoms with Crippen LogP contribution >= 0.6 is 7.92 Å². The van der Waals surface area contributed by atoms with Crippen LogP contribution in [0.3, 0.4) is 0 Å². The molecule has 0 bridgehead atoms. The summed E-state index contributed by atoms with van der Waals surface area (Å²) < 4.78 is 2.36. The van der Waals surface area contributed by atoms with Crippen molar-refractivity contribution in [3.63, 3.8) is 0 Å². The molecule has 2 aliphatic carbocycles. The first-order chi connectivity index (χ1) is 15.9. The van der Waals surface area contributed by atoms with Crippen LogP contribution in [0.4, 0.5) is 0 Å². The van der Waals surface area contributed by atoms with Crippen molar-refractivity contribution in [2.75, 3.05) is 0 Å². The van der Waals surface area contributed by atoms with Crippen LogP contribution in [0.1, 0.15) is 49.4 Å². The molecule has 0 aliphatic heterocycles. The van der Waals surface area contributed by atoms with E-state index in [1.807, 2.05) is 0 Å². The van der Waals surface area contributed by atoms with Crippen molar-refractivity contribution in [2.24, 2.45) is 5.41 Å². The average molecular weight is 526 g/mol. The zero-order chi connectivity index (χ0) is 23.2. The quantitative estimate of drug-likeness (QED) is 0.297. The van der Waals surface area contributed by atoms with E-state index in [0.717, 1.165) is 0 Å². The van der Waals surface area contributed by atoms with Crippen molar-refractivity contribution < 1.29 is 23.2 Å². The number of hydrogen-bond donors (Lipinski definition) is 0. The van der Waals surface area contributed by atoms with Crippen molar-refractivity contribution in [1.82, 2.24) is 0 Å². The van der Waals surface area contributed by atoms with E-state index in [1.165, 1.54) is 21.7 Å². The van der Waals surface area contributed by atoms with Gasteiger partial charge < -0.3 is 0 Å². The number of hydrogen-bond acceptors (Lipinski definition) is 0. The summed E-state index contributed by atoms with van der Waals surface area (Å²) in [5, 5.41) is 4.58. The normalized spacial score (nSPS) is 19.2. The predicted molar refractivity (Wildman–Crippen MR) is 141 cm³/mol. The van der Waals surface area contributed by atoms with Crippen molar-refractivity contribution in [3.05, 3.63) is 121 Å². The van der Waals surface area contributed by atoms with Crippen molar-refractivity contribution in [3.8, 4) is 0 Å². The molecule has 0 heterocycles. The van der Waals surface area contributed by atoms with Crippen LogP contribution in [0, 0.1) is 5.41 Å². The van der Waals surface area contributed by atoms with Gasteiger partial charge in [-0.25, -0.2) is 0 Å². The fourth-order valence-electron chi connectivity index (χ4n) is 5.28. The first-order valence-corrected chi connectivity index (χ1v) is 15.8. The molecule has 0 saturated heterocycles. The van der Waals surface area contributed by atoms with Crippen LogP contribution in [0.15, 0.2) is 110 Å². The zero-order valence-electron chi connectivity index (χ0n) is 20.2. The standard InChI is InChI=1S/C21H16P.C10H15.Zr/c1-3-11-19(12-4-1)22(20-13-5-2-6-14-20)21-15-17-9-7-8-10-18(17)16-21;1-7-6-10(4,5)9(3)8(7)2;/h1-16H;1-5H3;. The summed E-state index contributed by atoms with van der Waals surface area (Å²) in [5.41, 5.74) is 7.88. The van der Waals surface area contributed by atoms with E-state index in [1.54, 1.807) is 25.3 Å². The van der Waals surface area contributed by atoms with E-state index in [0.29, 0.717) is 3.63 Å². The number of fused-ring (bicyclic) bond motifs is 1. The molecule has 1 atom stereocenters. The van der Waals surface area contributed by atoms with E-state index >= 15 is 0 Å². The van der Waals surface area contributed by atoms with Crippen LogP contribution in [0.2, 0.25) is 0 Å². The molecule has 2 heteroatoms. The van der Waals surface area contributed by atoms with Gasteiger partial charge in [-0.05, 0) is 0 Å². The number of rotatable bonds is 5. The van der Waals surface area contributed by atoms with Gasteiger partial charge in [0.15, 0.2) is 0 Å². The van der Waals surface area contributed by atoms with Crippen molar-refractivity contribution in [2.45, 2.75) is 38.2 Å². The predicted octanol–water partition coefficient (Wildman–Crippen LogP) is 7.95. The van der Waals surface area contributed by atoms with Gasteiger partial charge in [-0.3, -0.25) is 0 Å². The number of allylic oxidation sites excluding steroid dienone is 5. The summed E-state index contributed by atoms with van der Waals surface area (Å²) in [5.74, 6) is 0. The first kappa shape index (κ1) is 23.0. The molecule has 2 aliphatic rings. The summed E-state index contributed by atoms with van der Waals surface area (Å²) in [4.78, 5) is 0. The molecule has 0 nitrogen and oxygen atoms in total. The Bertz CT molecular complexity index is 1240. The topological polar surface area (TPSA) is 0 Å². The second-order valence-electron chi connectivity index (χ2n) is 9.66. The van der Waals surface area contributed by atoms with Crippen molar-refractivity contribution in [1.29, 1.82) is 0 Å². The van der Waals surface area contributed by atoms with Gasteiger partial charge >= 0.3 is 213 Å². The van der Waals surface area contributed by atoms with Crippen LogP contribution in [-0.2, 0) is 23.2 Å².